The Kier molecular flexibility index (Phi) is 3.74. The SMILES string of the molecule is CN1CCCC1CCOc1ccnc2cc(N)ccc12. The summed E-state index contributed by atoms with van der Waals surface area (Å²) in [4.78, 5) is 6.76. The molecule has 1 aromatic heterocycles. The third kappa shape index (κ3) is 2.70. The molecule has 1 fully saturated rings. The molecule has 1 aliphatic rings. The lowest BCUT2D eigenvalue weighted by atomic mass is 10.1. The van der Waals surface area contributed by atoms with Gasteiger partial charge in [0.2, 0.25) is 0 Å². The minimum atomic E-state index is 0.666. The van der Waals surface area contributed by atoms with Crippen molar-refractivity contribution >= 4 is 16.6 Å². The maximum Gasteiger partial charge on any atom is 0.130 e. The van der Waals surface area contributed by atoms with Crippen LogP contribution in [0.15, 0.2) is 30.5 Å². The van der Waals surface area contributed by atoms with Gasteiger partial charge in [0.1, 0.15) is 5.75 Å². The number of nitrogens with two attached hydrogens (primary N) is 1. The largest absolute Gasteiger partial charge is 0.493 e. The molecule has 4 nitrogen and oxygen atoms in total. The standard InChI is InChI=1S/C16H21N3O/c1-19-9-2-3-13(19)7-10-20-16-6-8-18-15-11-12(17)4-5-14(15)16/h4-6,8,11,13H,2-3,7,9-10,17H2,1H3. The molecule has 2 aromatic rings. The average Bonchev–Trinajstić information content (AvgIpc) is 2.84. The van der Waals surface area contributed by atoms with E-state index >= 15 is 0 Å². The molecule has 0 saturated carbocycles. The van der Waals surface area contributed by atoms with Crippen LogP contribution in [0.25, 0.3) is 10.9 Å². The fourth-order valence-corrected chi connectivity index (χ4v) is 2.91. The number of hydrogen-bond donors (Lipinski definition) is 1. The topological polar surface area (TPSA) is 51.4 Å². The van der Waals surface area contributed by atoms with Gasteiger partial charge in [0.15, 0.2) is 0 Å². The molecule has 0 bridgehead atoms. The zero-order valence-electron chi connectivity index (χ0n) is 11.9. The van der Waals surface area contributed by atoms with Crippen LogP contribution in [-0.2, 0) is 0 Å². The molecule has 1 atom stereocenters. The summed E-state index contributed by atoms with van der Waals surface area (Å²) < 4.78 is 5.96. The summed E-state index contributed by atoms with van der Waals surface area (Å²) >= 11 is 0. The van der Waals surface area contributed by atoms with E-state index in [1.54, 1.807) is 6.20 Å². The van der Waals surface area contributed by atoms with Gasteiger partial charge in [-0.1, -0.05) is 0 Å². The number of fused-ring (bicyclic) bond motifs is 1. The summed E-state index contributed by atoms with van der Waals surface area (Å²) in [5.41, 5.74) is 7.41. The van der Waals surface area contributed by atoms with Gasteiger partial charge in [-0.05, 0) is 57.1 Å². The third-order valence-corrected chi connectivity index (χ3v) is 4.11. The number of likely N-dealkylation sites (tertiary alicyclic amines) is 1. The summed E-state index contributed by atoms with van der Waals surface area (Å²) in [7, 11) is 2.20. The first-order valence-corrected chi connectivity index (χ1v) is 7.21. The molecule has 1 aliphatic heterocycles. The Labute approximate surface area is 119 Å². The summed E-state index contributed by atoms with van der Waals surface area (Å²) in [6.45, 7) is 1.96. The number of benzene rings is 1. The van der Waals surface area contributed by atoms with Gasteiger partial charge in [-0.25, -0.2) is 0 Å². The molecule has 2 heterocycles. The van der Waals surface area contributed by atoms with Crippen LogP contribution in [0.4, 0.5) is 5.69 Å². The molecule has 106 valence electrons. The lowest BCUT2D eigenvalue weighted by Crippen LogP contribution is -2.26. The van der Waals surface area contributed by atoms with Crippen LogP contribution in [0.3, 0.4) is 0 Å². The highest BCUT2D eigenvalue weighted by molar-refractivity contribution is 5.87. The number of nitrogen functional groups attached to an aromatic ring is 1. The summed E-state index contributed by atoms with van der Waals surface area (Å²) in [6, 6.07) is 8.35. The van der Waals surface area contributed by atoms with Crippen LogP contribution in [0, 0.1) is 0 Å². The van der Waals surface area contributed by atoms with Gasteiger partial charge >= 0.3 is 0 Å². The van der Waals surface area contributed by atoms with Gasteiger partial charge in [0.05, 0.1) is 12.1 Å². The van der Waals surface area contributed by atoms with Crippen LogP contribution in [0.2, 0.25) is 0 Å². The number of ether oxygens (including phenoxy) is 1. The second kappa shape index (κ2) is 5.67. The van der Waals surface area contributed by atoms with E-state index in [0.717, 1.165) is 35.4 Å². The van der Waals surface area contributed by atoms with Gasteiger partial charge in [-0.2, -0.15) is 0 Å². The normalized spacial score (nSPS) is 19.6. The van der Waals surface area contributed by atoms with Crippen molar-refractivity contribution in [1.82, 2.24) is 9.88 Å². The molecular weight excluding hydrogens is 250 g/mol. The molecule has 20 heavy (non-hydrogen) atoms. The van der Waals surface area contributed by atoms with E-state index in [4.69, 9.17) is 10.5 Å². The van der Waals surface area contributed by atoms with Crippen molar-refractivity contribution in [2.24, 2.45) is 0 Å². The molecule has 1 unspecified atom stereocenters. The Morgan fingerprint density at radius 3 is 3.10 bits per heavy atom. The zero-order valence-corrected chi connectivity index (χ0v) is 11.9. The van der Waals surface area contributed by atoms with Gasteiger partial charge < -0.3 is 15.4 Å². The van der Waals surface area contributed by atoms with Crippen molar-refractivity contribution in [3.63, 3.8) is 0 Å². The predicted molar refractivity (Wildman–Crippen MR) is 81.9 cm³/mol. The number of anilines is 1. The quantitative estimate of drug-likeness (QED) is 0.869. The molecule has 4 heteroatoms. The molecule has 0 aliphatic carbocycles. The Bertz CT molecular complexity index is 599. The molecule has 3 rings (SSSR count). The van der Waals surface area contributed by atoms with Crippen LogP contribution in [0.1, 0.15) is 19.3 Å². The smallest absolute Gasteiger partial charge is 0.130 e. The molecule has 0 spiro atoms. The minimum absolute atomic E-state index is 0.666. The molecular formula is C16H21N3O. The Morgan fingerprint density at radius 2 is 2.30 bits per heavy atom. The van der Waals surface area contributed by atoms with Crippen LogP contribution in [0.5, 0.6) is 5.75 Å². The van der Waals surface area contributed by atoms with E-state index in [-0.39, 0.29) is 0 Å². The van der Waals surface area contributed by atoms with Crippen LogP contribution >= 0.6 is 0 Å². The van der Waals surface area contributed by atoms with E-state index in [9.17, 15) is 0 Å². The molecule has 1 saturated heterocycles. The van der Waals surface area contributed by atoms with Crippen molar-refractivity contribution in [1.29, 1.82) is 0 Å². The van der Waals surface area contributed by atoms with Crippen molar-refractivity contribution in [3.05, 3.63) is 30.5 Å². The highest BCUT2D eigenvalue weighted by Gasteiger charge is 2.20. The second-order valence-electron chi connectivity index (χ2n) is 5.50. The summed E-state index contributed by atoms with van der Waals surface area (Å²) in [6.07, 6.45) is 5.44. The first-order valence-electron chi connectivity index (χ1n) is 7.21. The number of hydrogen-bond acceptors (Lipinski definition) is 4. The van der Waals surface area contributed by atoms with E-state index in [0.29, 0.717) is 6.04 Å². The number of rotatable bonds is 4. The number of pyridine rings is 1. The van der Waals surface area contributed by atoms with Crippen LogP contribution < -0.4 is 10.5 Å². The highest BCUT2D eigenvalue weighted by atomic mass is 16.5. The van der Waals surface area contributed by atoms with Gasteiger partial charge in [0.25, 0.3) is 0 Å². The van der Waals surface area contributed by atoms with Crippen molar-refractivity contribution in [2.75, 3.05) is 25.9 Å². The Balaban J connectivity index is 1.68. The molecule has 0 amide bonds. The van der Waals surface area contributed by atoms with Gasteiger partial charge in [-0.15, -0.1) is 0 Å². The lowest BCUT2D eigenvalue weighted by molar-refractivity contribution is 0.234. The average molecular weight is 271 g/mol. The van der Waals surface area contributed by atoms with Crippen molar-refractivity contribution in [2.45, 2.75) is 25.3 Å². The summed E-state index contributed by atoms with van der Waals surface area (Å²) in [5.74, 6) is 0.899. The maximum absolute atomic E-state index is 5.96. The van der Waals surface area contributed by atoms with E-state index < -0.39 is 0 Å². The third-order valence-electron chi connectivity index (χ3n) is 4.11. The van der Waals surface area contributed by atoms with E-state index in [1.807, 2.05) is 24.3 Å². The van der Waals surface area contributed by atoms with Crippen molar-refractivity contribution in [3.8, 4) is 5.75 Å². The maximum atomic E-state index is 5.96. The fourth-order valence-electron chi connectivity index (χ4n) is 2.91. The van der Waals surface area contributed by atoms with Gasteiger partial charge in [-0.3, -0.25) is 4.98 Å². The minimum Gasteiger partial charge on any atom is -0.493 e. The van der Waals surface area contributed by atoms with E-state index in [1.165, 1.54) is 19.4 Å². The number of nitrogens with zero attached hydrogens (tertiary/aromatic N) is 2. The number of aromatic nitrogens is 1. The first-order chi connectivity index (χ1) is 9.74. The van der Waals surface area contributed by atoms with Crippen LogP contribution in [-0.4, -0.2) is 36.1 Å². The van der Waals surface area contributed by atoms with Gasteiger partial charge in [0, 0.05) is 23.3 Å². The van der Waals surface area contributed by atoms with Crippen molar-refractivity contribution < 1.29 is 4.74 Å². The lowest BCUT2D eigenvalue weighted by Gasteiger charge is -2.19. The summed E-state index contributed by atoms with van der Waals surface area (Å²) in [5, 5.41) is 1.03. The Hall–Kier alpha value is -1.81. The fraction of sp³-hybridized carbons (Fsp3) is 0.438. The monoisotopic (exact) mass is 271 g/mol. The van der Waals surface area contributed by atoms with E-state index in [2.05, 4.69) is 16.9 Å². The molecule has 0 radical (unpaired) electrons. The predicted octanol–water partition coefficient (Wildman–Crippen LogP) is 2.68. The molecule has 1 aromatic carbocycles. The zero-order chi connectivity index (χ0) is 13.9. The Morgan fingerprint density at radius 1 is 1.40 bits per heavy atom. The highest BCUT2D eigenvalue weighted by Crippen LogP contribution is 2.26. The second-order valence-corrected chi connectivity index (χ2v) is 5.50. The molecule has 2 N–H and O–H groups in total. The first kappa shape index (κ1) is 13.2.